The van der Waals surface area contributed by atoms with Gasteiger partial charge in [0.2, 0.25) is 0 Å². The highest BCUT2D eigenvalue weighted by atomic mass is 16.4. The van der Waals surface area contributed by atoms with E-state index >= 15 is 0 Å². The highest BCUT2D eigenvalue weighted by Crippen LogP contribution is 2.21. The minimum atomic E-state index is -0.758. The molecule has 1 aromatic heterocycles. The Labute approximate surface area is 100 Å². The van der Waals surface area contributed by atoms with Crippen molar-refractivity contribution in [3.8, 4) is 0 Å². The number of hydrogen-bond donors (Lipinski definition) is 1. The van der Waals surface area contributed by atoms with Crippen LogP contribution in [0.5, 0.6) is 0 Å². The summed E-state index contributed by atoms with van der Waals surface area (Å²) < 4.78 is 2.01. The lowest BCUT2D eigenvalue weighted by atomic mass is 9.96. The van der Waals surface area contributed by atoms with E-state index in [4.69, 9.17) is 5.11 Å². The molecule has 0 aliphatic heterocycles. The van der Waals surface area contributed by atoms with Crippen LogP contribution in [0.1, 0.15) is 17.9 Å². The summed E-state index contributed by atoms with van der Waals surface area (Å²) >= 11 is 0. The summed E-state index contributed by atoms with van der Waals surface area (Å²) in [5.74, 6) is -0.743. The van der Waals surface area contributed by atoms with Crippen LogP contribution in [0.4, 0.5) is 0 Å². The molecule has 0 bridgehead atoms. The predicted octanol–water partition coefficient (Wildman–Crippen LogP) is 2.75. The van der Waals surface area contributed by atoms with E-state index in [0.29, 0.717) is 6.54 Å². The van der Waals surface area contributed by atoms with Crippen molar-refractivity contribution in [2.75, 3.05) is 0 Å². The number of carboxylic acid groups (broad SMARTS) is 1. The van der Waals surface area contributed by atoms with Crippen molar-refractivity contribution in [2.24, 2.45) is 0 Å². The number of carbonyl (C=O) groups is 1. The Bertz CT molecular complexity index is 462. The van der Waals surface area contributed by atoms with Crippen LogP contribution in [0.25, 0.3) is 0 Å². The standard InChI is InChI=1S/C14H15NO2/c16-14(17)10-13(11-15-8-4-5-9-15)12-6-2-1-3-7-12/h1-9,13H,10-11H2,(H,16,17)/t13-/m0/s1. The molecule has 0 aliphatic carbocycles. The molecule has 3 nitrogen and oxygen atoms in total. The molecule has 1 heterocycles. The zero-order valence-corrected chi connectivity index (χ0v) is 9.49. The lowest BCUT2D eigenvalue weighted by Crippen LogP contribution is -2.12. The molecule has 88 valence electrons. The van der Waals surface area contributed by atoms with Crippen LogP contribution < -0.4 is 0 Å². The van der Waals surface area contributed by atoms with Gasteiger partial charge in [0, 0.05) is 24.9 Å². The SMILES string of the molecule is O=C(O)C[C@@H](Cn1cccc1)c1ccccc1. The van der Waals surface area contributed by atoms with Gasteiger partial charge in [0.1, 0.15) is 0 Å². The number of rotatable bonds is 5. The van der Waals surface area contributed by atoms with E-state index in [9.17, 15) is 4.79 Å². The highest BCUT2D eigenvalue weighted by molar-refractivity contribution is 5.68. The van der Waals surface area contributed by atoms with Gasteiger partial charge in [-0.15, -0.1) is 0 Å². The van der Waals surface area contributed by atoms with Crippen molar-refractivity contribution in [3.05, 3.63) is 60.4 Å². The fraction of sp³-hybridized carbons (Fsp3) is 0.214. The maximum atomic E-state index is 10.9. The minimum absolute atomic E-state index is 0.0149. The summed E-state index contributed by atoms with van der Waals surface area (Å²) in [6.45, 7) is 0.698. The molecule has 1 aromatic carbocycles. The molecule has 0 aliphatic rings. The molecule has 3 heteroatoms. The average Bonchev–Trinajstić information content (AvgIpc) is 2.82. The molecule has 0 amide bonds. The first-order chi connectivity index (χ1) is 8.25. The molecule has 1 atom stereocenters. The van der Waals surface area contributed by atoms with Crippen LogP contribution >= 0.6 is 0 Å². The van der Waals surface area contributed by atoms with Crippen LogP contribution in [-0.4, -0.2) is 15.6 Å². The third-order valence-corrected chi connectivity index (χ3v) is 2.79. The van der Waals surface area contributed by atoms with E-state index in [0.717, 1.165) is 5.56 Å². The number of aromatic nitrogens is 1. The Morgan fingerprint density at radius 1 is 1.12 bits per heavy atom. The topological polar surface area (TPSA) is 42.2 Å². The Morgan fingerprint density at radius 2 is 1.76 bits per heavy atom. The number of benzene rings is 1. The first-order valence-corrected chi connectivity index (χ1v) is 5.63. The maximum Gasteiger partial charge on any atom is 0.304 e. The molecular formula is C14H15NO2. The summed E-state index contributed by atoms with van der Waals surface area (Å²) in [4.78, 5) is 10.9. The van der Waals surface area contributed by atoms with Gasteiger partial charge in [-0.2, -0.15) is 0 Å². The normalized spacial score (nSPS) is 12.2. The molecule has 0 fully saturated rings. The van der Waals surface area contributed by atoms with Crippen molar-refractivity contribution in [2.45, 2.75) is 18.9 Å². The smallest absolute Gasteiger partial charge is 0.304 e. The second-order valence-electron chi connectivity index (χ2n) is 4.09. The molecule has 0 spiro atoms. The van der Waals surface area contributed by atoms with E-state index in [1.165, 1.54) is 0 Å². The van der Waals surface area contributed by atoms with Gasteiger partial charge < -0.3 is 9.67 Å². The zero-order valence-electron chi connectivity index (χ0n) is 9.49. The summed E-state index contributed by atoms with van der Waals surface area (Å²) in [6.07, 6.45) is 4.07. The van der Waals surface area contributed by atoms with Crippen molar-refractivity contribution < 1.29 is 9.90 Å². The van der Waals surface area contributed by atoms with Gasteiger partial charge in [0.05, 0.1) is 6.42 Å². The van der Waals surface area contributed by atoms with E-state index < -0.39 is 5.97 Å². The van der Waals surface area contributed by atoms with Crippen LogP contribution in [0.3, 0.4) is 0 Å². The van der Waals surface area contributed by atoms with Gasteiger partial charge in [-0.1, -0.05) is 30.3 Å². The summed E-state index contributed by atoms with van der Waals surface area (Å²) in [7, 11) is 0. The molecular weight excluding hydrogens is 214 g/mol. The van der Waals surface area contributed by atoms with Gasteiger partial charge in [-0.05, 0) is 17.7 Å². The van der Waals surface area contributed by atoms with Crippen LogP contribution in [-0.2, 0) is 11.3 Å². The number of carboxylic acids is 1. The lowest BCUT2D eigenvalue weighted by Gasteiger charge is -2.16. The van der Waals surface area contributed by atoms with E-state index in [1.807, 2.05) is 59.4 Å². The Morgan fingerprint density at radius 3 is 2.35 bits per heavy atom. The van der Waals surface area contributed by atoms with Crippen LogP contribution in [0.2, 0.25) is 0 Å². The quantitative estimate of drug-likeness (QED) is 0.856. The van der Waals surface area contributed by atoms with Crippen molar-refractivity contribution in [1.82, 2.24) is 4.57 Å². The Balaban J connectivity index is 2.16. The molecule has 0 unspecified atom stereocenters. The third kappa shape index (κ3) is 3.21. The van der Waals surface area contributed by atoms with Crippen molar-refractivity contribution in [1.29, 1.82) is 0 Å². The number of hydrogen-bond acceptors (Lipinski definition) is 1. The minimum Gasteiger partial charge on any atom is -0.481 e. The summed E-state index contributed by atoms with van der Waals surface area (Å²) in [5.41, 5.74) is 1.07. The van der Waals surface area contributed by atoms with Crippen molar-refractivity contribution >= 4 is 5.97 Å². The number of nitrogens with zero attached hydrogens (tertiary/aromatic N) is 1. The van der Waals surface area contributed by atoms with Gasteiger partial charge in [-0.25, -0.2) is 0 Å². The fourth-order valence-corrected chi connectivity index (χ4v) is 1.97. The first kappa shape index (κ1) is 11.5. The summed E-state index contributed by atoms with van der Waals surface area (Å²) in [6, 6.07) is 13.7. The van der Waals surface area contributed by atoms with Crippen molar-refractivity contribution in [3.63, 3.8) is 0 Å². The van der Waals surface area contributed by atoms with E-state index in [1.54, 1.807) is 0 Å². The average molecular weight is 229 g/mol. The third-order valence-electron chi connectivity index (χ3n) is 2.79. The molecule has 2 aromatic rings. The Hall–Kier alpha value is -2.03. The monoisotopic (exact) mass is 229 g/mol. The first-order valence-electron chi connectivity index (χ1n) is 5.63. The zero-order chi connectivity index (χ0) is 12.1. The summed E-state index contributed by atoms with van der Waals surface area (Å²) in [5, 5.41) is 8.96. The van der Waals surface area contributed by atoms with Gasteiger partial charge in [0.25, 0.3) is 0 Å². The van der Waals surface area contributed by atoms with E-state index in [2.05, 4.69) is 0 Å². The second kappa shape index (κ2) is 5.34. The second-order valence-corrected chi connectivity index (χ2v) is 4.09. The molecule has 0 radical (unpaired) electrons. The maximum absolute atomic E-state index is 10.9. The predicted molar refractivity (Wildman–Crippen MR) is 65.9 cm³/mol. The molecule has 2 rings (SSSR count). The van der Waals surface area contributed by atoms with E-state index in [-0.39, 0.29) is 12.3 Å². The number of aliphatic carboxylic acids is 1. The molecule has 0 saturated carbocycles. The van der Waals surface area contributed by atoms with Gasteiger partial charge in [0.15, 0.2) is 0 Å². The van der Waals surface area contributed by atoms with Gasteiger partial charge >= 0.3 is 5.97 Å². The lowest BCUT2D eigenvalue weighted by molar-refractivity contribution is -0.137. The van der Waals surface area contributed by atoms with Crippen LogP contribution in [0.15, 0.2) is 54.9 Å². The van der Waals surface area contributed by atoms with Gasteiger partial charge in [-0.3, -0.25) is 4.79 Å². The van der Waals surface area contributed by atoms with Crippen LogP contribution in [0, 0.1) is 0 Å². The highest BCUT2D eigenvalue weighted by Gasteiger charge is 2.15. The molecule has 17 heavy (non-hydrogen) atoms. The molecule has 0 saturated heterocycles. The largest absolute Gasteiger partial charge is 0.481 e. The fourth-order valence-electron chi connectivity index (χ4n) is 1.97. The Kier molecular flexibility index (Phi) is 3.60. The molecule has 1 N–H and O–H groups in total.